The fraction of sp³-hybridized carbons (Fsp3) is 0.143. The van der Waals surface area contributed by atoms with Crippen molar-refractivity contribution < 1.29 is 27.8 Å². The van der Waals surface area contributed by atoms with Gasteiger partial charge in [0.25, 0.3) is 0 Å². The lowest BCUT2D eigenvalue weighted by molar-refractivity contribution is -0.274. The molecule has 0 aromatic heterocycles. The molecule has 0 bridgehead atoms. The van der Waals surface area contributed by atoms with E-state index >= 15 is 0 Å². The summed E-state index contributed by atoms with van der Waals surface area (Å²) in [4.78, 5) is 0. The molecule has 0 unspecified atom stereocenters. The lowest BCUT2D eigenvalue weighted by atomic mass is 10.0. The average Bonchev–Trinajstić information content (AvgIpc) is 2.36. The normalized spacial score (nSPS) is 11.2. The maximum absolute atomic E-state index is 12.2. The minimum atomic E-state index is -4.74. The standard InChI is InChI=1S/C14H11F3O3/c1-19-13-7-10(5-11(18)8-13)9-3-2-4-12(6-9)20-14(15,16)17/h2-8,18H,1H3. The molecule has 1 N–H and O–H groups in total. The number of halogens is 3. The summed E-state index contributed by atoms with van der Waals surface area (Å²) in [5, 5.41) is 9.55. The first-order valence-electron chi connectivity index (χ1n) is 5.61. The van der Waals surface area contributed by atoms with Crippen LogP contribution in [-0.4, -0.2) is 18.6 Å². The Morgan fingerprint density at radius 1 is 0.950 bits per heavy atom. The first kappa shape index (κ1) is 14.0. The highest BCUT2D eigenvalue weighted by molar-refractivity contribution is 5.68. The molecule has 0 saturated heterocycles. The van der Waals surface area contributed by atoms with Crippen molar-refractivity contribution in [2.45, 2.75) is 6.36 Å². The van der Waals surface area contributed by atoms with E-state index in [9.17, 15) is 18.3 Å². The van der Waals surface area contributed by atoms with Crippen LogP contribution in [0.4, 0.5) is 13.2 Å². The molecule has 6 heteroatoms. The maximum Gasteiger partial charge on any atom is 0.573 e. The molecule has 0 aliphatic carbocycles. The summed E-state index contributed by atoms with van der Waals surface area (Å²) in [7, 11) is 1.43. The first-order chi connectivity index (χ1) is 9.37. The van der Waals surface area contributed by atoms with Gasteiger partial charge in [0.05, 0.1) is 7.11 Å². The molecule has 20 heavy (non-hydrogen) atoms. The minimum absolute atomic E-state index is 0.0403. The van der Waals surface area contributed by atoms with E-state index < -0.39 is 6.36 Å². The fourth-order valence-corrected chi connectivity index (χ4v) is 1.74. The molecule has 0 aliphatic rings. The SMILES string of the molecule is COc1cc(O)cc(-c2cccc(OC(F)(F)F)c2)c1. The van der Waals surface area contributed by atoms with Crippen LogP contribution in [0.1, 0.15) is 0 Å². The molecular formula is C14H11F3O3. The summed E-state index contributed by atoms with van der Waals surface area (Å²) in [6, 6.07) is 9.92. The van der Waals surface area contributed by atoms with Gasteiger partial charge < -0.3 is 14.6 Å². The molecule has 0 aliphatic heterocycles. The Labute approximate surface area is 113 Å². The zero-order chi connectivity index (χ0) is 14.8. The van der Waals surface area contributed by atoms with Crippen molar-refractivity contribution in [1.29, 1.82) is 0 Å². The van der Waals surface area contributed by atoms with Crippen LogP contribution in [0.2, 0.25) is 0 Å². The summed E-state index contributed by atoms with van der Waals surface area (Å²) in [6.45, 7) is 0. The summed E-state index contributed by atoms with van der Waals surface area (Å²) < 4.78 is 45.4. The van der Waals surface area contributed by atoms with Crippen LogP contribution < -0.4 is 9.47 Å². The van der Waals surface area contributed by atoms with E-state index in [2.05, 4.69) is 4.74 Å². The van der Waals surface area contributed by atoms with E-state index in [4.69, 9.17) is 4.74 Å². The number of hydrogen-bond acceptors (Lipinski definition) is 3. The van der Waals surface area contributed by atoms with Crippen LogP contribution in [0, 0.1) is 0 Å². The highest BCUT2D eigenvalue weighted by Crippen LogP contribution is 2.32. The number of benzene rings is 2. The number of alkyl halides is 3. The molecular weight excluding hydrogens is 273 g/mol. The van der Waals surface area contributed by atoms with Gasteiger partial charge in [0.15, 0.2) is 0 Å². The number of aromatic hydroxyl groups is 1. The predicted octanol–water partition coefficient (Wildman–Crippen LogP) is 3.97. The van der Waals surface area contributed by atoms with Gasteiger partial charge in [-0.15, -0.1) is 13.2 Å². The lowest BCUT2D eigenvalue weighted by Crippen LogP contribution is -2.17. The second kappa shape index (κ2) is 5.32. The number of ether oxygens (including phenoxy) is 2. The smallest absolute Gasteiger partial charge is 0.508 e. The van der Waals surface area contributed by atoms with Crippen molar-refractivity contribution in [2.24, 2.45) is 0 Å². The molecule has 0 heterocycles. The van der Waals surface area contributed by atoms with Crippen LogP contribution in [0.25, 0.3) is 11.1 Å². The summed E-state index contributed by atoms with van der Waals surface area (Å²) in [5.74, 6) is 0.0425. The Hall–Kier alpha value is -2.37. The van der Waals surface area contributed by atoms with Crippen molar-refractivity contribution in [3.05, 3.63) is 42.5 Å². The molecule has 0 saturated carbocycles. The van der Waals surface area contributed by atoms with Crippen LogP contribution in [-0.2, 0) is 0 Å². The molecule has 0 amide bonds. The molecule has 2 aromatic rings. The molecule has 3 nitrogen and oxygen atoms in total. The highest BCUT2D eigenvalue weighted by Gasteiger charge is 2.31. The van der Waals surface area contributed by atoms with E-state index in [0.717, 1.165) is 0 Å². The fourth-order valence-electron chi connectivity index (χ4n) is 1.74. The third-order valence-electron chi connectivity index (χ3n) is 2.53. The second-order valence-corrected chi connectivity index (χ2v) is 4.00. The van der Waals surface area contributed by atoms with E-state index in [1.165, 1.54) is 37.4 Å². The van der Waals surface area contributed by atoms with Crippen molar-refractivity contribution in [3.8, 4) is 28.4 Å². The van der Waals surface area contributed by atoms with Gasteiger partial charge in [0, 0.05) is 6.07 Å². The molecule has 2 aromatic carbocycles. The number of hydrogen-bond donors (Lipinski definition) is 1. The Bertz CT molecular complexity index is 609. The third kappa shape index (κ3) is 3.57. The van der Waals surface area contributed by atoms with Gasteiger partial charge in [-0.1, -0.05) is 12.1 Å². The number of rotatable bonds is 3. The highest BCUT2D eigenvalue weighted by atomic mass is 19.4. The number of phenolic OH excluding ortho intramolecular Hbond substituents is 1. The third-order valence-corrected chi connectivity index (χ3v) is 2.53. The van der Waals surface area contributed by atoms with Gasteiger partial charge >= 0.3 is 6.36 Å². The first-order valence-corrected chi connectivity index (χ1v) is 5.61. The van der Waals surface area contributed by atoms with Gasteiger partial charge in [-0.3, -0.25) is 0 Å². The van der Waals surface area contributed by atoms with Crippen LogP contribution in [0.15, 0.2) is 42.5 Å². The molecule has 0 atom stereocenters. The van der Waals surface area contributed by atoms with Crippen molar-refractivity contribution >= 4 is 0 Å². The van der Waals surface area contributed by atoms with Crippen LogP contribution in [0.3, 0.4) is 0 Å². The summed E-state index contributed by atoms with van der Waals surface area (Å²) >= 11 is 0. The average molecular weight is 284 g/mol. The van der Waals surface area contributed by atoms with E-state index in [-0.39, 0.29) is 11.5 Å². The van der Waals surface area contributed by atoms with Gasteiger partial charge in [0.1, 0.15) is 17.2 Å². The van der Waals surface area contributed by atoms with Gasteiger partial charge in [-0.2, -0.15) is 0 Å². The Morgan fingerprint density at radius 3 is 2.30 bits per heavy atom. The summed E-state index contributed by atoms with van der Waals surface area (Å²) in [6.07, 6.45) is -4.74. The summed E-state index contributed by atoms with van der Waals surface area (Å²) in [5.41, 5.74) is 0.996. The maximum atomic E-state index is 12.2. The molecule has 2 rings (SSSR count). The van der Waals surface area contributed by atoms with Gasteiger partial charge in [-0.05, 0) is 35.4 Å². The van der Waals surface area contributed by atoms with Crippen LogP contribution >= 0.6 is 0 Å². The minimum Gasteiger partial charge on any atom is -0.508 e. The largest absolute Gasteiger partial charge is 0.573 e. The molecule has 0 radical (unpaired) electrons. The molecule has 0 spiro atoms. The number of methoxy groups -OCH3 is 1. The predicted molar refractivity (Wildman–Crippen MR) is 66.8 cm³/mol. The van der Waals surface area contributed by atoms with E-state index in [0.29, 0.717) is 16.9 Å². The van der Waals surface area contributed by atoms with Crippen molar-refractivity contribution in [2.75, 3.05) is 7.11 Å². The second-order valence-electron chi connectivity index (χ2n) is 4.00. The quantitative estimate of drug-likeness (QED) is 0.927. The monoisotopic (exact) mass is 284 g/mol. The Balaban J connectivity index is 2.38. The topological polar surface area (TPSA) is 38.7 Å². The van der Waals surface area contributed by atoms with E-state index in [1.807, 2.05) is 0 Å². The zero-order valence-electron chi connectivity index (χ0n) is 10.4. The van der Waals surface area contributed by atoms with Crippen molar-refractivity contribution in [1.82, 2.24) is 0 Å². The Kier molecular flexibility index (Phi) is 3.74. The molecule has 0 fully saturated rings. The number of phenols is 1. The Morgan fingerprint density at radius 2 is 1.65 bits per heavy atom. The van der Waals surface area contributed by atoms with Gasteiger partial charge in [-0.25, -0.2) is 0 Å². The lowest BCUT2D eigenvalue weighted by Gasteiger charge is -2.11. The molecule has 106 valence electrons. The van der Waals surface area contributed by atoms with Crippen LogP contribution in [0.5, 0.6) is 17.2 Å². The van der Waals surface area contributed by atoms with Gasteiger partial charge in [0.2, 0.25) is 0 Å². The van der Waals surface area contributed by atoms with E-state index in [1.54, 1.807) is 12.1 Å². The van der Waals surface area contributed by atoms with Crippen molar-refractivity contribution in [3.63, 3.8) is 0 Å². The zero-order valence-corrected chi connectivity index (χ0v) is 10.4.